The first-order valence-electron chi connectivity index (χ1n) is 6.41. The van der Waals surface area contributed by atoms with Crippen LogP contribution in [0.5, 0.6) is 0 Å². The Morgan fingerprint density at radius 1 is 0.938 bits per heavy atom. The maximum absolute atomic E-state index is 11.9. The molecule has 6 rings (SSSR count). The Bertz CT molecular complexity index is 409. The van der Waals surface area contributed by atoms with Crippen molar-refractivity contribution in [3.63, 3.8) is 0 Å². The van der Waals surface area contributed by atoms with Crippen LogP contribution in [0.3, 0.4) is 0 Å². The zero-order chi connectivity index (χ0) is 10.8. The molecule has 0 heterocycles. The van der Waals surface area contributed by atoms with Crippen LogP contribution < -0.4 is 0 Å². The molecule has 0 aromatic rings. The fourth-order valence-electron chi connectivity index (χ4n) is 6.63. The summed E-state index contributed by atoms with van der Waals surface area (Å²) < 4.78 is 4.63. The van der Waals surface area contributed by atoms with Crippen LogP contribution in [0.15, 0.2) is 0 Å². The highest BCUT2D eigenvalue weighted by atomic mass is 16.6. The molecular weight excluding hydrogens is 204 g/mol. The van der Waals surface area contributed by atoms with Gasteiger partial charge in [-0.2, -0.15) is 0 Å². The van der Waals surface area contributed by atoms with E-state index in [1.54, 1.807) is 0 Å². The van der Waals surface area contributed by atoms with Gasteiger partial charge < -0.3 is 4.74 Å². The van der Waals surface area contributed by atoms with E-state index in [2.05, 4.69) is 11.7 Å². The monoisotopic (exact) mass is 218 g/mol. The van der Waals surface area contributed by atoms with Gasteiger partial charge >= 0.3 is 12.4 Å². The van der Waals surface area contributed by atoms with Gasteiger partial charge in [-0.15, -0.1) is 0 Å². The van der Waals surface area contributed by atoms with Crippen LogP contribution in [-0.2, 0) is 14.3 Å². The van der Waals surface area contributed by atoms with Crippen LogP contribution in [-0.4, -0.2) is 12.4 Å². The fraction of sp³-hybridized carbons (Fsp3) is 0.846. The van der Waals surface area contributed by atoms with E-state index in [4.69, 9.17) is 0 Å². The molecule has 0 aliphatic heterocycles. The van der Waals surface area contributed by atoms with Gasteiger partial charge in [0, 0.05) is 0 Å². The molecule has 0 radical (unpaired) electrons. The second-order valence-electron chi connectivity index (χ2n) is 6.54. The molecule has 0 aromatic heterocycles. The maximum atomic E-state index is 11.9. The van der Waals surface area contributed by atoms with Crippen molar-refractivity contribution >= 4 is 12.4 Å². The summed E-state index contributed by atoms with van der Waals surface area (Å²) in [7, 11) is 0. The van der Waals surface area contributed by atoms with E-state index in [9.17, 15) is 9.59 Å². The SMILES string of the molecule is CC1C(C(=O)OC=O)C2C3C4C1C1C2C1C43. The molecule has 6 aliphatic carbocycles. The highest BCUT2D eigenvalue weighted by Gasteiger charge is 2.91. The number of hydrogen-bond acceptors (Lipinski definition) is 3. The third-order valence-electron chi connectivity index (χ3n) is 6.63. The van der Waals surface area contributed by atoms with Crippen LogP contribution in [0, 0.1) is 59.2 Å². The number of esters is 1. The van der Waals surface area contributed by atoms with Gasteiger partial charge in [0.15, 0.2) is 0 Å². The number of fused-ring (bicyclic) bond motifs is 1. The second kappa shape index (κ2) is 2.09. The Balaban J connectivity index is 1.57. The van der Waals surface area contributed by atoms with Crippen LogP contribution in [0.1, 0.15) is 6.92 Å². The Morgan fingerprint density at radius 3 is 2.00 bits per heavy atom. The molecule has 6 saturated carbocycles. The van der Waals surface area contributed by atoms with Crippen molar-refractivity contribution in [2.75, 3.05) is 0 Å². The van der Waals surface area contributed by atoms with Crippen molar-refractivity contribution in [3.05, 3.63) is 0 Å². The average Bonchev–Trinajstić information content (AvgIpc) is 3.08. The number of carbonyl (C=O) groups is 2. The lowest BCUT2D eigenvalue weighted by Crippen LogP contribution is -2.46. The largest absolute Gasteiger partial charge is 0.395 e. The minimum atomic E-state index is -0.243. The molecule has 16 heavy (non-hydrogen) atoms. The van der Waals surface area contributed by atoms with Gasteiger partial charge in [-0.1, -0.05) is 6.92 Å². The molecule has 2 bridgehead atoms. The van der Waals surface area contributed by atoms with E-state index in [1.165, 1.54) is 0 Å². The molecule has 6 fully saturated rings. The molecule has 3 nitrogen and oxygen atoms in total. The minimum absolute atomic E-state index is 0.0372. The smallest absolute Gasteiger partial charge is 0.316 e. The molecule has 6 aliphatic rings. The predicted molar refractivity (Wildman–Crippen MR) is 52.7 cm³/mol. The van der Waals surface area contributed by atoms with E-state index in [0.29, 0.717) is 18.3 Å². The number of rotatable bonds is 2. The lowest BCUT2D eigenvalue weighted by molar-refractivity contribution is -0.163. The standard InChI is InChI=1S/C13H14O3/c1-3-4-6-9-8(5(3)13(15)16-2-14)10-7(4)12(10)11(6)9/h2-12H,1H3. The van der Waals surface area contributed by atoms with Gasteiger partial charge in [0.1, 0.15) is 0 Å². The zero-order valence-electron chi connectivity index (χ0n) is 9.08. The topological polar surface area (TPSA) is 43.4 Å². The predicted octanol–water partition coefficient (Wildman–Crippen LogP) is 0.936. The van der Waals surface area contributed by atoms with Crippen molar-refractivity contribution in [2.45, 2.75) is 6.92 Å². The summed E-state index contributed by atoms with van der Waals surface area (Å²) in [6.45, 7) is 2.51. The molecule has 84 valence electrons. The average molecular weight is 218 g/mol. The lowest BCUT2D eigenvalue weighted by Gasteiger charge is -2.44. The lowest BCUT2D eigenvalue weighted by atomic mass is 9.59. The van der Waals surface area contributed by atoms with Crippen LogP contribution in [0.25, 0.3) is 0 Å². The van der Waals surface area contributed by atoms with Gasteiger partial charge in [-0.3, -0.25) is 9.59 Å². The van der Waals surface area contributed by atoms with E-state index in [-0.39, 0.29) is 11.9 Å². The van der Waals surface area contributed by atoms with Gasteiger partial charge in [0.25, 0.3) is 0 Å². The number of ether oxygens (including phenoxy) is 1. The molecule has 8 atom stereocenters. The quantitative estimate of drug-likeness (QED) is 0.393. The maximum Gasteiger partial charge on any atom is 0.316 e. The summed E-state index contributed by atoms with van der Waals surface area (Å²) in [5, 5.41) is 0. The van der Waals surface area contributed by atoms with Gasteiger partial charge in [-0.25, -0.2) is 0 Å². The highest BCUT2D eigenvalue weighted by molar-refractivity contribution is 5.80. The minimum Gasteiger partial charge on any atom is -0.395 e. The zero-order valence-corrected chi connectivity index (χ0v) is 9.08. The Morgan fingerprint density at radius 2 is 1.44 bits per heavy atom. The first-order chi connectivity index (χ1) is 7.77. The number of hydrogen-bond donors (Lipinski definition) is 0. The Labute approximate surface area is 93.5 Å². The summed E-state index contributed by atoms with van der Waals surface area (Å²) in [4.78, 5) is 22.2. The molecule has 0 amide bonds. The molecule has 3 heteroatoms. The summed E-state index contributed by atoms with van der Waals surface area (Å²) in [6, 6.07) is 0. The fourth-order valence-corrected chi connectivity index (χ4v) is 6.63. The van der Waals surface area contributed by atoms with E-state index in [0.717, 1.165) is 41.4 Å². The van der Waals surface area contributed by atoms with Crippen molar-refractivity contribution in [1.82, 2.24) is 0 Å². The Kier molecular flexibility index (Phi) is 1.08. The molecule has 0 aromatic carbocycles. The van der Waals surface area contributed by atoms with Crippen molar-refractivity contribution < 1.29 is 14.3 Å². The van der Waals surface area contributed by atoms with Crippen LogP contribution >= 0.6 is 0 Å². The second-order valence-corrected chi connectivity index (χ2v) is 6.54. The van der Waals surface area contributed by atoms with Gasteiger partial charge in [-0.05, 0) is 53.3 Å². The third kappa shape index (κ3) is 0.573. The van der Waals surface area contributed by atoms with Crippen molar-refractivity contribution in [3.8, 4) is 0 Å². The summed E-state index contributed by atoms with van der Waals surface area (Å²) >= 11 is 0. The molecule has 8 unspecified atom stereocenters. The van der Waals surface area contributed by atoms with Gasteiger partial charge in [0.2, 0.25) is 0 Å². The van der Waals surface area contributed by atoms with Crippen LogP contribution in [0.2, 0.25) is 0 Å². The highest BCUT2D eigenvalue weighted by Crippen LogP contribution is 2.93. The normalized spacial score (nSPS) is 70.1. The first-order valence-corrected chi connectivity index (χ1v) is 6.41. The molecule has 0 saturated heterocycles. The first kappa shape index (κ1) is 8.26. The molecular formula is C13H14O3. The summed E-state index contributed by atoms with van der Waals surface area (Å²) in [6.07, 6.45) is 0. The summed E-state index contributed by atoms with van der Waals surface area (Å²) in [5.74, 6) is 7.16. The van der Waals surface area contributed by atoms with E-state index < -0.39 is 0 Å². The van der Waals surface area contributed by atoms with Crippen molar-refractivity contribution in [2.24, 2.45) is 59.2 Å². The van der Waals surface area contributed by atoms with E-state index in [1.807, 2.05) is 0 Å². The molecule has 0 spiro atoms. The van der Waals surface area contributed by atoms with Crippen LogP contribution in [0.4, 0.5) is 0 Å². The third-order valence-corrected chi connectivity index (χ3v) is 6.63. The van der Waals surface area contributed by atoms with Gasteiger partial charge in [0.05, 0.1) is 5.92 Å². The Hall–Kier alpha value is -0.860. The number of carbonyl (C=O) groups excluding carboxylic acids is 2. The van der Waals surface area contributed by atoms with E-state index >= 15 is 0 Å². The van der Waals surface area contributed by atoms with Crippen molar-refractivity contribution in [1.29, 1.82) is 0 Å². The summed E-state index contributed by atoms with van der Waals surface area (Å²) in [5.41, 5.74) is 0. The molecule has 0 N–H and O–H groups in total.